The third kappa shape index (κ3) is 13.2. The van der Waals surface area contributed by atoms with Crippen LogP contribution in [0.5, 0.6) is 11.8 Å². The lowest BCUT2D eigenvalue weighted by molar-refractivity contribution is -0.144. The predicted molar refractivity (Wildman–Crippen MR) is 309 cm³/mol. The molecule has 81 heavy (non-hydrogen) atoms. The SMILES string of the molecule is C=CC(=O)N1CCN(c2nc(OC[C@@H]3CCN(CCCOCC(=O)N[C@H](C(=O)N4C[C@H](O)C[C@H]4C(=O)N[C@@H](C)c4ccc(-c5scnc5C)cc4)C(C)(C)C)C3)nc3c(F)c(-c4cc(O)cc5ccccc45)c(Cl)cc23)C[C@@H]1CC#N. The van der Waals surface area contributed by atoms with Crippen molar-refractivity contribution >= 4 is 74.1 Å². The molecule has 6 atom stereocenters. The predicted octanol–water partition coefficient (Wildman–Crippen LogP) is 7.97. The van der Waals surface area contributed by atoms with Crippen LogP contribution in [0.25, 0.3) is 43.2 Å². The van der Waals surface area contributed by atoms with Gasteiger partial charge >= 0.3 is 6.01 Å². The molecule has 18 nitrogen and oxygen atoms in total. The molecule has 5 heterocycles. The number of aromatic hydroxyl groups is 1. The number of benzene rings is 4. The summed E-state index contributed by atoms with van der Waals surface area (Å²) in [6, 6.07) is 19.2. The van der Waals surface area contributed by atoms with E-state index in [0.29, 0.717) is 53.6 Å². The van der Waals surface area contributed by atoms with E-state index in [-0.39, 0.29) is 98.0 Å². The van der Waals surface area contributed by atoms with Crippen molar-refractivity contribution in [2.75, 3.05) is 70.5 Å². The number of hydrogen-bond acceptors (Lipinski definition) is 15. The molecule has 0 bridgehead atoms. The highest BCUT2D eigenvalue weighted by atomic mass is 35.5. The Labute approximate surface area is 479 Å². The number of aryl methyl sites for hydroxylation is 1. The fourth-order valence-electron chi connectivity index (χ4n) is 11.2. The number of phenolic OH excluding ortho intramolecular Hbond substituents is 1. The summed E-state index contributed by atoms with van der Waals surface area (Å²) < 4.78 is 29.4. The van der Waals surface area contributed by atoms with Crippen LogP contribution in [-0.2, 0) is 23.9 Å². The van der Waals surface area contributed by atoms with Gasteiger partial charge in [-0.15, -0.1) is 11.3 Å². The summed E-state index contributed by atoms with van der Waals surface area (Å²) in [6.45, 7) is 16.1. The van der Waals surface area contributed by atoms with Gasteiger partial charge in [0.1, 0.15) is 35.8 Å². The van der Waals surface area contributed by atoms with E-state index in [1.165, 1.54) is 17.0 Å². The lowest BCUT2D eigenvalue weighted by Gasteiger charge is -2.41. The maximum absolute atomic E-state index is 17.3. The molecule has 3 aliphatic heterocycles. The van der Waals surface area contributed by atoms with Crippen LogP contribution in [-0.4, -0.2) is 153 Å². The quantitative estimate of drug-likeness (QED) is 0.0446. The third-order valence-electron chi connectivity index (χ3n) is 15.4. The Bertz CT molecular complexity index is 3370. The molecule has 6 aromatic rings. The number of carbonyl (C=O) groups excluding carboxylic acids is 4. The van der Waals surface area contributed by atoms with Gasteiger partial charge in [0, 0.05) is 69.2 Å². The minimum Gasteiger partial charge on any atom is -0.508 e. The molecule has 3 saturated heterocycles. The van der Waals surface area contributed by atoms with Gasteiger partial charge in [-0.1, -0.05) is 87.5 Å². The van der Waals surface area contributed by atoms with Crippen molar-refractivity contribution in [1.82, 2.24) is 40.3 Å². The number of nitrogens with one attached hydrogen (secondary N) is 2. The molecular weight excluding hydrogens is 1080 g/mol. The Morgan fingerprint density at radius 2 is 1.79 bits per heavy atom. The molecular formula is C60H68ClFN10O8S. The van der Waals surface area contributed by atoms with E-state index in [2.05, 4.69) is 38.1 Å². The Kier molecular flexibility index (Phi) is 18.2. The largest absolute Gasteiger partial charge is 0.508 e. The van der Waals surface area contributed by atoms with Crippen LogP contribution < -0.4 is 20.3 Å². The number of halogens is 2. The second kappa shape index (κ2) is 25.2. The average molecular weight is 1140 g/mol. The number of fused-ring (bicyclic) bond motifs is 2. The number of aliphatic hydroxyl groups excluding tert-OH is 1. The second-order valence-electron chi connectivity index (χ2n) is 22.2. The van der Waals surface area contributed by atoms with Crippen LogP contribution in [0.4, 0.5) is 10.2 Å². The highest BCUT2D eigenvalue weighted by molar-refractivity contribution is 7.13. The van der Waals surface area contributed by atoms with Crippen molar-refractivity contribution in [3.8, 4) is 39.4 Å². The molecule has 9 rings (SSSR count). The van der Waals surface area contributed by atoms with Crippen molar-refractivity contribution < 1.29 is 43.3 Å². The first-order valence-corrected chi connectivity index (χ1v) is 28.6. The molecule has 21 heteroatoms. The maximum atomic E-state index is 17.3. The number of nitrogens with zero attached hydrogens (tertiary/aromatic N) is 8. The highest BCUT2D eigenvalue weighted by Gasteiger charge is 2.45. The average Bonchev–Trinajstić information content (AvgIpc) is 4.11. The molecule has 0 unspecified atom stereocenters. The van der Waals surface area contributed by atoms with Gasteiger partial charge in [-0.25, -0.2) is 9.37 Å². The number of aliphatic hydroxyl groups is 1. The number of carbonyl (C=O) groups is 4. The van der Waals surface area contributed by atoms with Crippen LogP contribution >= 0.6 is 22.9 Å². The van der Waals surface area contributed by atoms with Crippen LogP contribution in [0.1, 0.15) is 70.7 Å². The van der Waals surface area contributed by atoms with E-state index in [0.717, 1.165) is 34.7 Å². The van der Waals surface area contributed by atoms with Gasteiger partial charge in [0.2, 0.25) is 23.6 Å². The number of ether oxygens (including phenoxy) is 2. The van der Waals surface area contributed by atoms with E-state index in [1.54, 1.807) is 28.4 Å². The first kappa shape index (κ1) is 58.4. The number of aromatic nitrogens is 3. The third-order valence-corrected chi connectivity index (χ3v) is 16.7. The lowest BCUT2D eigenvalue weighted by Crippen LogP contribution is -2.58. The molecule has 0 spiro atoms. The molecule has 0 saturated carbocycles. The minimum atomic E-state index is -1.00. The van der Waals surface area contributed by atoms with Crippen molar-refractivity contribution in [2.45, 2.75) is 90.6 Å². The molecule has 4 N–H and O–H groups in total. The van der Waals surface area contributed by atoms with E-state index in [1.807, 2.05) is 93.6 Å². The molecule has 2 aromatic heterocycles. The Hall–Kier alpha value is -7.28. The van der Waals surface area contributed by atoms with Crippen molar-refractivity contribution in [3.63, 3.8) is 0 Å². The number of anilines is 1. The number of rotatable bonds is 19. The number of phenols is 1. The maximum Gasteiger partial charge on any atom is 0.319 e. The normalized spacial score (nSPS) is 19.4. The smallest absolute Gasteiger partial charge is 0.319 e. The molecule has 0 radical (unpaired) electrons. The topological polar surface area (TPSA) is 227 Å². The standard InChI is InChI=1S/C60H68ClFN10O8S/c1-7-50(76)71-23-22-70(30-41(71)17-19-63)56-46-28-47(61)51(45-26-42(73)25-40-11-8-9-12-44(40)45)52(62)53(46)67-59(68-56)80-32-37-18-21-69(29-37)20-10-24-79-33-49(75)66-55(60(4,5)6)58(78)72-31-43(74)27-48(72)57(77)65-35(2)38-13-15-39(16-14-38)54-36(3)64-34-81-54/h7-9,11-16,25-26,28,34-35,37,41,43,48,55,73-74H,1,10,17-18,20-24,27,29-33H2,2-6H3,(H,65,77)(H,66,75)/t35-,37+,41-,43+,48-,55+/m0/s1. The van der Waals surface area contributed by atoms with Crippen molar-refractivity contribution in [1.29, 1.82) is 5.26 Å². The number of nitriles is 1. The summed E-state index contributed by atoms with van der Waals surface area (Å²) in [4.78, 5) is 76.2. The first-order valence-electron chi connectivity index (χ1n) is 27.3. The van der Waals surface area contributed by atoms with Gasteiger partial charge in [-0.05, 0) is 90.4 Å². The number of amides is 4. The molecule has 3 fully saturated rings. The van der Waals surface area contributed by atoms with Gasteiger partial charge < -0.3 is 49.9 Å². The van der Waals surface area contributed by atoms with Gasteiger partial charge in [-0.2, -0.15) is 15.2 Å². The van der Waals surface area contributed by atoms with Crippen molar-refractivity contribution in [2.24, 2.45) is 11.3 Å². The molecule has 0 aliphatic carbocycles. The lowest BCUT2D eigenvalue weighted by atomic mass is 9.85. The van der Waals surface area contributed by atoms with Crippen LogP contribution in [0, 0.1) is 35.4 Å². The Balaban J connectivity index is 0.794. The van der Waals surface area contributed by atoms with Gasteiger partial charge in [0.15, 0.2) is 5.82 Å². The van der Waals surface area contributed by atoms with E-state index in [9.17, 15) is 34.7 Å². The molecule has 426 valence electrons. The van der Waals surface area contributed by atoms with Crippen molar-refractivity contribution in [3.05, 3.63) is 107 Å². The minimum absolute atomic E-state index is 0.0443. The Morgan fingerprint density at radius 3 is 2.52 bits per heavy atom. The summed E-state index contributed by atoms with van der Waals surface area (Å²) in [5, 5.41) is 38.8. The van der Waals surface area contributed by atoms with Gasteiger partial charge in [0.25, 0.3) is 0 Å². The van der Waals surface area contributed by atoms with Crippen LogP contribution in [0.15, 0.2) is 84.9 Å². The fraction of sp³-hybridized carbons (Fsp3) is 0.433. The van der Waals surface area contributed by atoms with E-state index >= 15 is 4.39 Å². The second-order valence-corrected chi connectivity index (χ2v) is 23.5. The summed E-state index contributed by atoms with van der Waals surface area (Å²) in [5.41, 5.74) is 4.32. The van der Waals surface area contributed by atoms with Crippen LogP contribution in [0.3, 0.4) is 0 Å². The number of likely N-dealkylation sites (tertiary alicyclic amines) is 2. The summed E-state index contributed by atoms with van der Waals surface area (Å²) in [7, 11) is 0. The summed E-state index contributed by atoms with van der Waals surface area (Å²) in [5.74, 6) is -2.00. The number of piperazine rings is 1. The molecule has 4 aromatic carbocycles. The number of hydrogen-bond donors (Lipinski definition) is 4. The van der Waals surface area contributed by atoms with Gasteiger partial charge in [-0.3, -0.25) is 19.2 Å². The van der Waals surface area contributed by atoms with Gasteiger partial charge in [0.05, 0.1) is 58.4 Å². The zero-order valence-corrected chi connectivity index (χ0v) is 47.7. The highest BCUT2D eigenvalue weighted by Crippen LogP contribution is 2.43. The van der Waals surface area contributed by atoms with E-state index < -0.39 is 53.2 Å². The zero-order valence-electron chi connectivity index (χ0n) is 46.2. The Morgan fingerprint density at radius 1 is 1.01 bits per heavy atom. The molecule has 3 aliphatic rings. The number of thiazole rings is 1. The fourth-order valence-corrected chi connectivity index (χ4v) is 12.3. The summed E-state index contributed by atoms with van der Waals surface area (Å²) in [6.07, 6.45) is 1.85. The summed E-state index contributed by atoms with van der Waals surface area (Å²) >= 11 is 8.52. The monoisotopic (exact) mass is 1140 g/mol. The number of β-amino-alcohol motifs (C(OH)–C–C–N with tert-alkyl or cyclic N) is 1. The van der Waals surface area contributed by atoms with E-state index in [4.69, 9.17) is 26.1 Å². The first-order chi connectivity index (χ1) is 38.8. The van der Waals surface area contributed by atoms with Crippen LogP contribution in [0.2, 0.25) is 5.02 Å². The zero-order chi connectivity index (χ0) is 57.7. The molecule has 4 amide bonds.